The van der Waals surface area contributed by atoms with Crippen LogP contribution in [-0.4, -0.2) is 29.2 Å². The minimum absolute atomic E-state index is 0.0228. The Balaban J connectivity index is 2.10. The molecule has 1 atom stereocenters. The summed E-state index contributed by atoms with van der Waals surface area (Å²) >= 11 is 5.75. The zero-order valence-corrected chi connectivity index (χ0v) is 14.3. The maximum absolute atomic E-state index is 14.5. The van der Waals surface area contributed by atoms with E-state index in [0.29, 0.717) is 24.4 Å². The number of ether oxygens (including phenoxy) is 1. The van der Waals surface area contributed by atoms with Crippen LogP contribution >= 0.6 is 11.6 Å². The molecule has 1 aromatic heterocycles. The standard InChI is InChI=1S/C17H18ClF2N3O/c1-3-4-10(2)23-5-6-24-16-12(19)7-11(8-14(16)23)15-13(20)9-21-17(18)22-15/h7-10H,3-6H2,1-2H3. The van der Waals surface area contributed by atoms with Gasteiger partial charge in [-0.05, 0) is 37.1 Å². The average Bonchev–Trinajstić information content (AvgIpc) is 2.56. The third kappa shape index (κ3) is 3.15. The van der Waals surface area contributed by atoms with Crippen LogP contribution in [-0.2, 0) is 0 Å². The summed E-state index contributed by atoms with van der Waals surface area (Å²) in [6, 6.07) is 3.14. The number of aromatic nitrogens is 2. The van der Waals surface area contributed by atoms with Crippen LogP contribution in [0.1, 0.15) is 26.7 Å². The molecule has 1 aliphatic rings. The number of fused-ring (bicyclic) bond motifs is 1. The van der Waals surface area contributed by atoms with Crippen LogP contribution in [0.15, 0.2) is 18.3 Å². The fourth-order valence-corrected chi connectivity index (χ4v) is 3.15. The van der Waals surface area contributed by atoms with Crippen molar-refractivity contribution in [1.29, 1.82) is 0 Å². The first-order valence-electron chi connectivity index (χ1n) is 7.92. The van der Waals surface area contributed by atoms with Crippen molar-refractivity contribution in [3.05, 3.63) is 35.2 Å². The van der Waals surface area contributed by atoms with Crippen molar-refractivity contribution < 1.29 is 13.5 Å². The molecule has 0 radical (unpaired) electrons. The lowest BCUT2D eigenvalue weighted by atomic mass is 10.1. The molecule has 4 nitrogen and oxygen atoms in total. The molecule has 0 bridgehead atoms. The smallest absolute Gasteiger partial charge is 0.223 e. The predicted molar refractivity (Wildman–Crippen MR) is 89.6 cm³/mol. The first-order chi connectivity index (χ1) is 11.5. The predicted octanol–water partition coefficient (Wildman–Crippen LogP) is 4.46. The normalized spacial score (nSPS) is 15.0. The van der Waals surface area contributed by atoms with Crippen molar-refractivity contribution in [1.82, 2.24) is 9.97 Å². The maximum Gasteiger partial charge on any atom is 0.223 e. The van der Waals surface area contributed by atoms with Crippen molar-refractivity contribution in [3.63, 3.8) is 0 Å². The van der Waals surface area contributed by atoms with Gasteiger partial charge in [0.15, 0.2) is 17.4 Å². The molecule has 0 spiro atoms. The van der Waals surface area contributed by atoms with E-state index >= 15 is 0 Å². The molecule has 3 rings (SSSR count). The van der Waals surface area contributed by atoms with Gasteiger partial charge in [-0.2, -0.15) is 0 Å². The summed E-state index contributed by atoms with van der Waals surface area (Å²) in [4.78, 5) is 9.58. The van der Waals surface area contributed by atoms with E-state index in [4.69, 9.17) is 16.3 Å². The Morgan fingerprint density at radius 2 is 2.12 bits per heavy atom. The van der Waals surface area contributed by atoms with E-state index in [1.165, 1.54) is 6.07 Å². The molecule has 0 fully saturated rings. The van der Waals surface area contributed by atoms with Gasteiger partial charge in [-0.1, -0.05) is 13.3 Å². The molecule has 0 aliphatic carbocycles. The summed E-state index contributed by atoms with van der Waals surface area (Å²) < 4.78 is 34.1. The molecule has 1 aromatic carbocycles. The van der Waals surface area contributed by atoms with Gasteiger partial charge in [-0.25, -0.2) is 18.7 Å². The van der Waals surface area contributed by atoms with Crippen LogP contribution in [0.3, 0.4) is 0 Å². The van der Waals surface area contributed by atoms with E-state index in [1.807, 2.05) is 0 Å². The molecule has 1 aliphatic heterocycles. The quantitative estimate of drug-likeness (QED) is 0.760. The van der Waals surface area contributed by atoms with Crippen molar-refractivity contribution in [2.24, 2.45) is 0 Å². The second kappa shape index (κ2) is 6.89. The van der Waals surface area contributed by atoms with Crippen molar-refractivity contribution in [3.8, 4) is 17.0 Å². The first-order valence-corrected chi connectivity index (χ1v) is 8.30. The number of nitrogens with zero attached hydrogens (tertiary/aromatic N) is 3. The van der Waals surface area contributed by atoms with Gasteiger partial charge >= 0.3 is 0 Å². The van der Waals surface area contributed by atoms with E-state index in [-0.39, 0.29) is 22.8 Å². The van der Waals surface area contributed by atoms with Gasteiger partial charge in [0.05, 0.1) is 18.4 Å². The highest BCUT2D eigenvalue weighted by molar-refractivity contribution is 6.28. The van der Waals surface area contributed by atoms with Crippen LogP contribution in [0.2, 0.25) is 5.28 Å². The molecule has 24 heavy (non-hydrogen) atoms. The van der Waals surface area contributed by atoms with Gasteiger partial charge in [0.1, 0.15) is 12.3 Å². The van der Waals surface area contributed by atoms with Gasteiger partial charge in [-0.3, -0.25) is 0 Å². The molecule has 2 aromatic rings. The lowest BCUT2D eigenvalue weighted by Gasteiger charge is -2.36. The van der Waals surface area contributed by atoms with Crippen molar-refractivity contribution in [2.45, 2.75) is 32.7 Å². The number of anilines is 1. The Morgan fingerprint density at radius 3 is 2.88 bits per heavy atom. The number of halogens is 3. The molecule has 0 saturated carbocycles. The Hall–Kier alpha value is -1.95. The SMILES string of the molecule is CCCC(C)N1CCOc2c(F)cc(-c3nc(Cl)ncc3F)cc21. The summed E-state index contributed by atoms with van der Waals surface area (Å²) in [5.74, 6) is -0.984. The summed E-state index contributed by atoms with van der Waals surface area (Å²) in [7, 11) is 0. The summed E-state index contributed by atoms with van der Waals surface area (Å²) in [6.07, 6.45) is 2.97. The Labute approximate surface area is 144 Å². The van der Waals surface area contributed by atoms with E-state index in [0.717, 1.165) is 19.0 Å². The lowest BCUT2D eigenvalue weighted by molar-refractivity contribution is 0.285. The number of benzene rings is 1. The highest BCUT2D eigenvalue weighted by atomic mass is 35.5. The van der Waals surface area contributed by atoms with Crippen molar-refractivity contribution in [2.75, 3.05) is 18.1 Å². The highest BCUT2D eigenvalue weighted by Gasteiger charge is 2.26. The highest BCUT2D eigenvalue weighted by Crippen LogP contribution is 2.39. The van der Waals surface area contributed by atoms with Crippen LogP contribution in [0, 0.1) is 11.6 Å². The van der Waals surface area contributed by atoms with Gasteiger partial charge in [0.2, 0.25) is 5.28 Å². The molecule has 7 heteroatoms. The Morgan fingerprint density at radius 1 is 1.33 bits per heavy atom. The van der Waals surface area contributed by atoms with Gasteiger partial charge in [-0.15, -0.1) is 0 Å². The van der Waals surface area contributed by atoms with Crippen LogP contribution in [0.25, 0.3) is 11.3 Å². The fraction of sp³-hybridized carbons (Fsp3) is 0.412. The van der Waals surface area contributed by atoms with Crippen LogP contribution < -0.4 is 9.64 Å². The van der Waals surface area contributed by atoms with E-state index in [9.17, 15) is 8.78 Å². The third-order valence-electron chi connectivity index (χ3n) is 4.14. The second-order valence-electron chi connectivity index (χ2n) is 5.82. The minimum Gasteiger partial charge on any atom is -0.486 e. The Bertz CT molecular complexity index is 757. The third-order valence-corrected chi connectivity index (χ3v) is 4.32. The zero-order chi connectivity index (χ0) is 17.3. The van der Waals surface area contributed by atoms with E-state index in [2.05, 4.69) is 28.7 Å². The van der Waals surface area contributed by atoms with Crippen LogP contribution in [0.5, 0.6) is 5.75 Å². The molecule has 0 amide bonds. The summed E-state index contributed by atoms with van der Waals surface area (Å²) in [5, 5.41) is -0.0861. The van der Waals surface area contributed by atoms with Crippen molar-refractivity contribution >= 4 is 17.3 Å². The molecular formula is C17H18ClF2N3O. The molecule has 128 valence electrons. The topological polar surface area (TPSA) is 38.2 Å². The number of rotatable bonds is 4. The minimum atomic E-state index is -0.649. The average molecular weight is 354 g/mol. The molecule has 2 heterocycles. The number of hydrogen-bond acceptors (Lipinski definition) is 4. The van der Waals surface area contributed by atoms with Crippen LogP contribution in [0.4, 0.5) is 14.5 Å². The fourth-order valence-electron chi connectivity index (χ4n) is 3.02. The zero-order valence-electron chi connectivity index (χ0n) is 13.5. The summed E-state index contributed by atoms with van der Waals surface area (Å²) in [6.45, 7) is 5.27. The Kier molecular flexibility index (Phi) is 4.85. The molecule has 1 unspecified atom stereocenters. The molecule has 0 saturated heterocycles. The summed E-state index contributed by atoms with van der Waals surface area (Å²) in [5.41, 5.74) is 0.906. The van der Waals surface area contributed by atoms with E-state index in [1.54, 1.807) is 6.07 Å². The van der Waals surface area contributed by atoms with Gasteiger partial charge < -0.3 is 9.64 Å². The van der Waals surface area contributed by atoms with Gasteiger partial charge in [0, 0.05) is 11.6 Å². The first kappa shape index (κ1) is 16.9. The maximum atomic E-state index is 14.5. The van der Waals surface area contributed by atoms with E-state index < -0.39 is 11.6 Å². The number of hydrogen-bond donors (Lipinski definition) is 0. The largest absolute Gasteiger partial charge is 0.486 e. The molecular weight excluding hydrogens is 336 g/mol. The molecule has 0 N–H and O–H groups in total. The monoisotopic (exact) mass is 353 g/mol. The second-order valence-corrected chi connectivity index (χ2v) is 6.16. The van der Waals surface area contributed by atoms with Gasteiger partial charge in [0.25, 0.3) is 0 Å². The lowest BCUT2D eigenvalue weighted by Crippen LogP contribution is -2.39.